The second-order valence-corrected chi connectivity index (χ2v) is 2.93. The summed E-state index contributed by atoms with van der Waals surface area (Å²) in [6, 6.07) is 0. The van der Waals surface area contributed by atoms with Crippen LogP contribution in [0.2, 0.25) is 0 Å². The van der Waals surface area contributed by atoms with E-state index in [0.717, 1.165) is 0 Å². The van der Waals surface area contributed by atoms with Crippen LogP contribution in [0.15, 0.2) is 0 Å². The SMILES string of the molecule is CO[C@@H]1O[C@@H](CO)[C@@H](O)[C@@H](O)[C@@H]1O. The van der Waals surface area contributed by atoms with Gasteiger partial charge in [0.2, 0.25) is 0 Å². The van der Waals surface area contributed by atoms with Crippen molar-refractivity contribution in [2.45, 2.75) is 30.7 Å². The van der Waals surface area contributed by atoms with Crippen LogP contribution >= 0.6 is 0 Å². The molecule has 1 saturated heterocycles. The van der Waals surface area contributed by atoms with Crippen LogP contribution < -0.4 is 0 Å². The van der Waals surface area contributed by atoms with Gasteiger partial charge in [-0.25, -0.2) is 0 Å². The van der Waals surface area contributed by atoms with Gasteiger partial charge in [-0.2, -0.15) is 0 Å². The Morgan fingerprint density at radius 1 is 1.15 bits per heavy atom. The standard InChI is InChI=1S/C7H14O6/c1-12-7-6(11)5(10)4(9)3(2-8)13-7/h3-11H,2H2,1H3/t3-,4+,5+,6-,7+/m0/s1. The maximum absolute atomic E-state index is 9.28. The zero-order valence-corrected chi connectivity index (χ0v) is 7.20. The molecule has 1 aliphatic rings. The van der Waals surface area contributed by atoms with Crippen molar-refractivity contribution in [1.82, 2.24) is 0 Å². The van der Waals surface area contributed by atoms with Crippen LogP contribution in [-0.4, -0.2) is 64.8 Å². The van der Waals surface area contributed by atoms with Crippen molar-refractivity contribution in [2.75, 3.05) is 13.7 Å². The normalized spacial score (nSPS) is 46.4. The lowest BCUT2D eigenvalue weighted by Crippen LogP contribution is -2.58. The maximum Gasteiger partial charge on any atom is 0.186 e. The molecule has 1 aliphatic heterocycles. The molecule has 78 valence electrons. The van der Waals surface area contributed by atoms with Crippen molar-refractivity contribution >= 4 is 0 Å². The minimum atomic E-state index is -1.36. The first-order valence-electron chi connectivity index (χ1n) is 3.95. The minimum Gasteiger partial charge on any atom is -0.394 e. The Kier molecular flexibility index (Phi) is 3.60. The van der Waals surface area contributed by atoms with E-state index >= 15 is 0 Å². The number of aliphatic hydroxyl groups is 4. The van der Waals surface area contributed by atoms with E-state index in [2.05, 4.69) is 0 Å². The average Bonchev–Trinajstić information content (AvgIpc) is 2.15. The molecule has 1 rings (SSSR count). The Balaban J connectivity index is 2.66. The van der Waals surface area contributed by atoms with Gasteiger partial charge in [-0.3, -0.25) is 0 Å². The fraction of sp³-hybridized carbons (Fsp3) is 1.00. The molecule has 0 saturated carbocycles. The van der Waals surface area contributed by atoms with E-state index in [-0.39, 0.29) is 0 Å². The van der Waals surface area contributed by atoms with Crippen molar-refractivity contribution in [1.29, 1.82) is 0 Å². The number of aliphatic hydroxyl groups excluding tert-OH is 4. The van der Waals surface area contributed by atoms with Gasteiger partial charge in [0.05, 0.1) is 6.61 Å². The molecule has 6 heteroatoms. The van der Waals surface area contributed by atoms with E-state index in [9.17, 15) is 15.3 Å². The van der Waals surface area contributed by atoms with E-state index in [4.69, 9.17) is 14.6 Å². The summed E-state index contributed by atoms with van der Waals surface area (Å²) in [5, 5.41) is 36.6. The summed E-state index contributed by atoms with van der Waals surface area (Å²) >= 11 is 0. The first kappa shape index (κ1) is 10.8. The molecule has 6 nitrogen and oxygen atoms in total. The van der Waals surface area contributed by atoms with Gasteiger partial charge in [-0.1, -0.05) is 0 Å². The third kappa shape index (κ3) is 1.98. The maximum atomic E-state index is 9.28. The van der Waals surface area contributed by atoms with Crippen molar-refractivity contribution in [3.05, 3.63) is 0 Å². The van der Waals surface area contributed by atoms with Gasteiger partial charge in [0.1, 0.15) is 24.4 Å². The molecule has 0 radical (unpaired) electrons. The summed E-state index contributed by atoms with van der Waals surface area (Å²) in [6.07, 6.45) is -5.91. The number of rotatable bonds is 2. The van der Waals surface area contributed by atoms with Crippen LogP contribution in [0.1, 0.15) is 0 Å². The first-order chi connectivity index (χ1) is 6.11. The smallest absolute Gasteiger partial charge is 0.186 e. The molecule has 0 aliphatic carbocycles. The monoisotopic (exact) mass is 194 g/mol. The zero-order valence-electron chi connectivity index (χ0n) is 7.20. The second-order valence-electron chi connectivity index (χ2n) is 2.93. The predicted octanol–water partition coefficient (Wildman–Crippen LogP) is -2.57. The van der Waals surface area contributed by atoms with E-state index in [0.29, 0.717) is 0 Å². The largest absolute Gasteiger partial charge is 0.394 e. The molecule has 0 aromatic heterocycles. The fourth-order valence-corrected chi connectivity index (χ4v) is 1.26. The Bertz CT molecular complexity index is 143. The molecular weight excluding hydrogens is 180 g/mol. The molecule has 1 fully saturated rings. The van der Waals surface area contributed by atoms with Gasteiger partial charge in [0, 0.05) is 7.11 Å². The molecule has 0 aromatic carbocycles. The van der Waals surface area contributed by atoms with Crippen LogP contribution in [0.5, 0.6) is 0 Å². The lowest BCUT2D eigenvalue weighted by Gasteiger charge is -2.38. The highest BCUT2D eigenvalue weighted by Gasteiger charge is 2.43. The highest BCUT2D eigenvalue weighted by Crippen LogP contribution is 2.20. The molecule has 13 heavy (non-hydrogen) atoms. The Morgan fingerprint density at radius 2 is 1.77 bits per heavy atom. The first-order valence-corrected chi connectivity index (χ1v) is 3.95. The van der Waals surface area contributed by atoms with Gasteiger partial charge >= 0.3 is 0 Å². The Labute approximate surface area is 75.3 Å². The van der Waals surface area contributed by atoms with Crippen LogP contribution in [0.3, 0.4) is 0 Å². The lowest BCUT2D eigenvalue weighted by atomic mass is 9.99. The second kappa shape index (κ2) is 4.32. The van der Waals surface area contributed by atoms with Crippen molar-refractivity contribution < 1.29 is 29.9 Å². The highest BCUT2D eigenvalue weighted by molar-refractivity contribution is 4.88. The molecule has 5 atom stereocenters. The number of ether oxygens (including phenoxy) is 2. The Morgan fingerprint density at radius 3 is 2.23 bits per heavy atom. The van der Waals surface area contributed by atoms with E-state index in [1.165, 1.54) is 7.11 Å². The summed E-state index contributed by atoms with van der Waals surface area (Å²) in [4.78, 5) is 0. The van der Waals surface area contributed by atoms with Gasteiger partial charge in [0.25, 0.3) is 0 Å². The molecule has 0 bridgehead atoms. The summed E-state index contributed by atoms with van der Waals surface area (Å²) in [7, 11) is 1.30. The highest BCUT2D eigenvalue weighted by atomic mass is 16.7. The van der Waals surface area contributed by atoms with Crippen molar-refractivity contribution in [3.8, 4) is 0 Å². The van der Waals surface area contributed by atoms with Crippen molar-refractivity contribution in [3.63, 3.8) is 0 Å². The molecule has 4 N–H and O–H groups in total. The number of hydrogen-bond donors (Lipinski definition) is 4. The molecule has 0 aromatic rings. The van der Waals surface area contributed by atoms with Gasteiger partial charge in [-0.05, 0) is 0 Å². The van der Waals surface area contributed by atoms with Crippen LogP contribution in [0.4, 0.5) is 0 Å². The topological polar surface area (TPSA) is 99.4 Å². The molecular formula is C7H14O6. The Hall–Kier alpha value is -0.240. The van der Waals surface area contributed by atoms with E-state index in [1.807, 2.05) is 0 Å². The minimum absolute atomic E-state index is 0.440. The predicted molar refractivity (Wildman–Crippen MR) is 40.8 cm³/mol. The van der Waals surface area contributed by atoms with Crippen LogP contribution in [0.25, 0.3) is 0 Å². The molecule has 1 heterocycles. The zero-order chi connectivity index (χ0) is 10.0. The summed E-state index contributed by atoms with van der Waals surface area (Å²) in [5.74, 6) is 0. The van der Waals surface area contributed by atoms with Gasteiger partial charge in [-0.15, -0.1) is 0 Å². The van der Waals surface area contributed by atoms with Gasteiger partial charge < -0.3 is 29.9 Å². The summed E-state index contributed by atoms with van der Waals surface area (Å²) in [6.45, 7) is -0.440. The molecule has 0 amide bonds. The number of hydrogen-bond acceptors (Lipinski definition) is 6. The fourth-order valence-electron chi connectivity index (χ4n) is 1.26. The third-order valence-corrected chi connectivity index (χ3v) is 2.08. The number of methoxy groups -OCH3 is 1. The third-order valence-electron chi connectivity index (χ3n) is 2.08. The lowest BCUT2D eigenvalue weighted by molar-refractivity contribution is -0.294. The van der Waals surface area contributed by atoms with Crippen LogP contribution in [-0.2, 0) is 9.47 Å². The van der Waals surface area contributed by atoms with E-state index < -0.39 is 37.3 Å². The average molecular weight is 194 g/mol. The van der Waals surface area contributed by atoms with E-state index in [1.54, 1.807) is 0 Å². The van der Waals surface area contributed by atoms with Gasteiger partial charge in [0.15, 0.2) is 6.29 Å². The van der Waals surface area contributed by atoms with Crippen molar-refractivity contribution in [2.24, 2.45) is 0 Å². The summed E-state index contributed by atoms with van der Waals surface area (Å²) < 4.78 is 9.65. The quantitative estimate of drug-likeness (QED) is 0.386. The molecule has 0 spiro atoms. The van der Waals surface area contributed by atoms with Crippen LogP contribution in [0, 0.1) is 0 Å². The summed E-state index contributed by atoms with van der Waals surface area (Å²) in [5.41, 5.74) is 0. The molecule has 0 unspecified atom stereocenters.